The molecule has 0 heterocycles. The van der Waals surface area contributed by atoms with E-state index in [2.05, 4.69) is 56.6 Å². The lowest BCUT2D eigenvalue weighted by atomic mass is 10.0. The van der Waals surface area contributed by atoms with Crippen molar-refractivity contribution in [3.63, 3.8) is 0 Å². The number of aliphatic carboxylic acids is 1. The second kappa shape index (κ2) is 18.4. The van der Waals surface area contributed by atoms with Crippen molar-refractivity contribution in [2.45, 2.75) is 93.7 Å². The van der Waals surface area contributed by atoms with Crippen molar-refractivity contribution in [3.8, 4) is 0 Å². The molecule has 190 valence electrons. The van der Waals surface area contributed by atoms with Crippen LogP contribution < -0.4 is 10.6 Å². The van der Waals surface area contributed by atoms with Gasteiger partial charge in [0.05, 0.1) is 0 Å². The number of rotatable bonds is 15. The number of allylic oxidation sites excluding steroid dienone is 5. The number of hydrogen-bond acceptors (Lipinski definition) is 4. The predicted molar refractivity (Wildman–Crippen MR) is 141 cm³/mol. The normalized spacial score (nSPS) is 13.6. The van der Waals surface area contributed by atoms with Gasteiger partial charge in [0.25, 0.3) is 0 Å². The third kappa shape index (κ3) is 17.2. The highest BCUT2D eigenvalue weighted by atomic mass is 32.2. The Bertz CT molecular complexity index is 707. The average molecular weight is 483 g/mol. The highest BCUT2D eigenvalue weighted by Gasteiger charge is 2.27. The van der Waals surface area contributed by atoms with Crippen molar-refractivity contribution in [3.05, 3.63) is 34.9 Å². The zero-order chi connectivity index (χ0) is 24.7. The average Bonchev–Trinajstić information content (AvgIpc) is 2.67. The quantitative estimate of drug-likeness (QED) is 0.211. The highest BCUT2D eigenvalue weighted by Crippen LogP contribution is 2.13. The summed E-state index contributed by atoms with van der Waals surface area (Å²) in [6, 6.07) is -1.75. The Labute approximate surface area is 205 Å². The van der Waals surface area contributed by atoms with Crippen LogP contribution in [-0.4, -0.2) is 46.5 Å². The van der Waals surface area contributed by atoms with Gasteiger partial charge in [0.2, 0.25) is 11.8 Å². The minimum absolute atomic E-state index is 0. The summed E-state index contributed by atoms with van der Waals surface area (Å²) in [6.07, 6.45) is 10.8. The van der Waals surface area contributed by atoms with Gasteiger partial charge in [-0.3, -0.25) is 9.59 Å². The molecule has 0 fully saturated rings. The summed E-state index contributed by atoms with van der Waals surface area (Å²) in [5.74, 6) is -1.06. The highest BCUT2D eigenvalue weighted by molar-refractivity contribution is 7.99. The molecule has 2 amide bonds. The predicted octanol–water partition coefficient (Wildman–Crippen LogP) is 5.51. The summed E-state index contributed by atoms with van der Waals surface area (Å²) >= 11 is 1.47. The first-order valence-corrected chi connectivity index (χ1v) is 12.4. The Kier molecular flexibility index (Phi) is 18.5. The van der Waals surface area contributed by atoms with E-state index in [9.17, 15) is 19.5 Å². The molecule has 3 N–H and O–H groups in total. The van der Waals surface area contributed by atoms with Gasteiger partial charge in [0.1, 0.15) is 12.1 Å². The van der Waals surface area contributed by atoms with Crippen molar-refractivity contribution >= 4 is 29.5 Å². The van der Waals surface area contributed by atoms with Gasteiger partial charge in [-0.1, -0.05) is 56.2 Å². The summed E-state index contributed by atoms with van der Waals surface area (Å²) in [4.78, 5) is 35.3. The number of thioether (sulfide) groups is 1. The molecule has 0 aliphatic carbocycles. The first kappa shape index (κ1) is 33.2. The second-order valence-electron chi connectivity index (χ2n) is 8.82. The van der Waals surface area contributed by atoms with Gasteiger partial charge in [-0.25, -0.2) is 4.79 Å². The van der Waals surface area contributed by atoms with Gasteiger partial charge in [0, 0.05) is 18.4 Å². The molecule has 0 aliphatic rings. The zero-order valence-electron chi connectivity index (χ0n) is 20.8. The molecule has 0 rings (SSSR count). The van der Waals surface area contributed by atoms with Crippen molar-refractivity contribution in [2.75, 3.05) is 11.5 Å². The van der Waals surface area contributed by atoms with Gasteiger partial charge in [-0.05, 0) is 59.3 Å². The third-order valence-corrected chi connectivity index (χ3v) is 5.85. The number of carboxylic acids is 1. The lowest BCUT2D eigenvalue weighted by Crippen LogP contribution is -2.54. The van der Waals surface area contributed by atoms with Crippen LogP contribution in [-0.2, 0) is 14.4 Å². The minimum atomic E-state index is -1.08. The van der Waals surface area contributed by atoms with Crippen LogP contribution in [0.25, 0.3) is 0 Å². The second-order valence-corrected chi connectivity index (χ2v) is 9.89. The number of hydrogen-bond donors (Lipinski definition) is 3. The summed E-state index contributed by atoms with van der Waals surface area (Å²) in [5.41, 5.74) is 4.03. The van der Waals surface area contributed by atoms with Crippen LogP contribution in [0.2, 0.25) is 0 Å². The smallest absolute Gasteiger partial charge is 0.327 e. The van der Waals surface area contributed by atoms with Crippen LogP contribution >= 0.6 is 11.8 Å². The largest absolute Gasteiger partial charge is 0.480 e. The molecule has 0 spiro atoms. The van der Waals surface area contributed by atoms with Gasteiger partial charge in [0.15, 0.2) is 0 Å². The number of carboxylic acid groups (broad SMARTS) is 1. The fourth-order valence-electron chi connectivity index (χ4n) is 2.92. The van der Waals surface area contributed by atoms with Crippen molar-refractivity contribution in [2.24, 2.45) is 5.92 Å². The molecule has 0 saturated carbocycles. The molecular weight excluding hydrogens is 436 g/mol. The molecule has 7 heteroatoms. The van der Waals surface area contributed by atoms with Crippen molar-refractivity contribution in [1.82, 2.24) is 10.6 Å². The SMILES string of the molecule is C.CC(=O)NC(C(=O)N[C@@H](CSC/C=C(\C)CC/C=C(\C)CCC=C(C)C)C(=O)O)C(C)C. The molecule has 2 atom stereocenters. The summed E-state index contributed by atoms with van der Waals surface area (Å²) < 4.78 is 0. The van der Waals surface area contributed by atoms with Crippen LogP contribution in [0.5, 0.6) is 0 Å². The molecule has 0 saturated heterocycles. The maximum absolute atomic E-state index is 12.4. The Morgan fingerprint density at radius 3 is 1.91 bits per heavy atom. The lowest BCUT2D eigenvalue weighted by molar-refractivity contribution is -0.141. The molecule has 1 unspecified atom stereocenters. The van der Waals surface area contributed by atoms with Gasteiger partial charge < -0.3 is 15.7 Å². The summed E-state index contributed by atoms with van der Waals surface area (Å²) in [7, 11) is 0. The Morgan fingerprint density at radius 2 is 1.42 bits per heavy atom. The molecule has 6 nitrogen and oxygen atoms in total. The number of nitrogens with one attached hydrogen (secondary N) is 2. The van der Waals surface area contributed by atoms with E-state index in [1.807, 2.05) is 0 Å². The van der Waals surface area contributed by atoms with Crippen LogP contribution in [0.1, 0.15) is 81.6 Å². The molecule has 0 aromatic carbocycles. The maximum Gasteiger partial charge on any atom is 0.327 e. The summed E-state index contributed by atoms with van der Waals surface area (Å²) in [5, 5.41) is 14.6. The van der Waals surface area contributed by atoms with E-state index < -0.39 is 24.0 Å². The number of amides is 2. The van der Waals surface area contributed by atoms with Crippen molar-refractivity contribution < 1.29 is 19.5 Å². The minimum Gasteiger partial charge on any atom is -0.480 e. The van der Waals surface area contributed by atoms with E-state index in [4.69, 9.17) is 0 Å². The van der Waals surface area contributed by atoms with Crippen LogP contribution in [0.3, 0.4) is 0 Å². The van der Waals surface area contributed by atoms with E-state index in [1.54, 1.807) is 13.8 Å². The Morgan fingerprint density at radius 1 is 0.879 bits per heavy atom. The Balaban J connectivity index is 0. The standard InChI is InChI=1S/C25H42N2O4S.CH4/c1-17(2)10-8-11-19(5)12-9-13-20(6)14-15-32-16-22(25(30)31)27-24(29)23(18(3)4)26-21(7)28;/h10,12,14,18,22-23H,8-9,11,13,15-16H2,1-7H3,(H,26,28)(H,27,29)(H,30,31);1H4/b19-12+,20-14+;/t22-,23?;/m0./s1. The molecular formula is C26H46N2O4S. The van der Waals surface area contributed by atoms with Gasteiger partial charge >= 0.3 is 5.97 Å². The zero-order valence-corrected chi connectivity index (χ0v) is 21.6. The molecule has 0 aromatic rings. The number of carbonyl (C=O) groups excluding carboxylic acids is 2. The van der Waals surface area contributed by atoms with E-state index >= 15 is 0 Å². The maximum atomic E-state index is 12.4. The molecule has 33 heavy (non-hydrogen) atoms. The Hall–Kier alpha value is -2.02. The summed E-state index contributed by atoms with van der Waals surface area (Å²) in [6.45, 7) is 13.4. The van der Waals surface area contributed by atoms with E-state index in [0.29, 0.717) is 5.75 Å². The van der Waals surface area contributed by atoms with E-state index in [0.717, 1.165) is 25.7 Å². The van der Waals surface area contributed by atoms with Crippen LogP contribution in [0.4, 0.5) is 0 Å². The fourth-order valence-corrected chi connectivity index (χ4v) is 3.92. The fraction of sp³-hybridized carbons (Fsp3) is 0.654. The molecule has 0 radical (unpaired) electrons. The molecule has 0 bridgehead atoms. The first-order chi connectivity index (χ1) is 14.9. The third-order valence-electron chi connectivity index (χ3n) is 4.88. The van der Waals surface area contributed by atoms with Crippen LogP contribution in [0, 0.1) is 5.92 Å². The molecule has 0 aromatic heterocycles. The van der Waals surface area contributed by atoms with Crippen LogP contribution in [0.15, 0.2) is 34.9 Å². The van der Waals surface area contributed by atoms with Gasteiger partial charge in [-0.2, -0.15) is 11.8 Å². The lowest BCUT2D eigenvalue weighted by Gasteiger charge is -2.23. The van der Waals surface area contributed by atoms with Crippen molar-refractivity contribution in [1.29, 1.82) is 0 Å². The molecule has 0 aliphatic heterocycles. The monoisotopic (exact) mass is 482 g/mol. The van der Waals surface area contributed by atoms with Gasteiger partial charge in [-0.15, -0.1) is 0 Å². The number of carbonyl (C=O) groups is 3. The van der Waals surface area contributed by atoms with E-state index in [-0.39, 0.29) is 25.0 Å². The first-order valence-electron chi connectivity index (χ1n) is 11.3. The topological polar surface area (TPSA) is 95.5 Å². The van der Waals surface area contributed by atoms with E-state index in [1.165, 1.54) is 35.4 Å².